The van der Waals surface area contributed by atoms with E-state index in [-0.39, 0.29) is 22.3 Å². The van der Waals surface area contributed by atoms with E-state index in [9.17, 15) is 18.0 Å². The summed E-state index contributed by atoms with van der Waals surface area (Å²) < 4.78 is 49.8. The average molecular weight is 349 g/mol. The second-order valence-electron chi connectivity index (χ2n) is 4.00. The minimum absolute atomic E-state index is 0.0494. The molecule has 0 spiro atoms. The molecule has 122 valence electrons. The third kappa shape index (κ3) is 4.71. The SMILES string of the molecule is COC(=O)c1cc(Cl)nnc1Oc1ccc(OC(F)(F)F)cc1. The van der Waals surface area contributed by atoms with Gasteiger partial charge in [-0.25, -0.2) is 4.79 Å². The molecule has 0 aliphatic rings. The van der Waals surface area contributed by atoms with Crippen LogP contribution in [0.25, 0.3) is 0 Å². The fourth-order valence-electron chi connectivity index (χ4n) is 1.51. The van der Waals surface area contributed by atoms with Crippen molar-refractivity contribution >= 4 is 17.6 Å². The third-order valence-corrected chi connectivity index (χ3v) is 2.59. The highest BCUT2D eigenvalue weighted by atomic mass is 35.5. The zero-order chi connectivity index (χ0) is 17.0. The standard InChI is InChI=1S/C13H8ClF3N2O4/c1-21-12(20)9-6-10(14)18-19-11(9)22-7-2-4-8(5-3-7)23-13(15,16)17/h2-6H,1H3. The van der Waals surface area contributed by atoms with Crippen LogP contribution < -0.4 is 9.47 Å². The summed E-state index contributed by atoms with van der Waals surface area (Å²) in [4.78, 5) is 11.6. The Morgan fingerprint density at radius 1 is 1.13 bits per heavy atom. The van der Waals surface area contributed by atoms with Crippen LogP contribution in [-0.2, 0) is 4.74 Å². The van der Waals surface area contributed by atoms with E-state index in [1.54, 1.807) is 0 Å². The van der Waals surface area contributed by atoms with Crippen molar-refractivity contribution in [3.63, 3.8) is 0 Å². The van der Waals surface area contributed by atoms with Gasteiger partial charge >= 0.3 is 12.3 Å². The molecule has 2 rings (SSSR count). The number of alkyl halides is 3. The number of benzene rings is 1. The Balaban J connectivity index is 2.21. The minimum atomic E-state index is -4.79. The lowest BCUT2D eigenvalue weighted by molar-refractivity contribution is -0.274. The van der Waals surface area contributed by atoms with Crippen LogP contribution >= 0.6 is 11.6 Å². The van der Waals surface area contributed by atoms with Crippen molar-refractivity contribution in [1.82, 2.24) is 10.2 Å². The van der Waals surface area contributed by atoms with Crippen LogP contribution in [0, 0.1) is 0 Å². The first-order valence-electron chi connectivity index (χ1n) is 5.93. The van der Waals surface area contributed by atoms with Crippen LogP contribution in [0.2, 0.25) is 5.15 Å². The molecule has 0 aliphatic carbocycles. The maximum Gasteiger partial charge on any atom is 0.573 e. The molecular weight excluding hydrogens is 341 g/mol. The number of carbonyl (C=O) groups is 1. The maximum atomic E-state index is 12.1. The van der Waals surface area contributed by atoms with Crippen molar-refractivity contribution in [3.8, 4) is 17.4 Å². The second-order valence-corrected chi connectivity index (χ2v) is 4.39. The zero-order valence-electron chi connectivity index (χ0n) is 11.4. The number of carbonyl (C=O) groups excluding carboxylic acids is 1. The van der Waals surface area contributed by atoms with E-state index in [4.69, 9.17) is 16.3 Å². The van der Waals surface area contributed by atoms with E-state index in [2.05, 4.69) is 19.7 Å². The van der Waals surface area contributed by atoms with Crippen molar-refractivity contribution in [1.29, 1.82) is 0 Å². The molecule has 0 radical (unpaired) electrons. The summed E-state index contributed by atoms with van der Waals surface area (Å²) in [5.74, 6) is -1.26. The molecular formula is C13H8ClF3N2O4. The Morgan fingerprint density at radius 3 is 2.30 bits per heavy atom. The van der Waals surface area contributed by atoms with Gasteiger partial charge in [0.1, 0.15) is 17.1 Å². The molecule has 6 nitrogen and oxygen atoms in total. The summed E-state index contributed by atoms with van der Waals surface area (Å²) >= 11 is 5.64. The van der Waals surface area contributed by atoms with Gasteiger partial charge in [0, 0.05) is 0 Å². The van der Waals surface area contributed by atoms with Gasteiger partial charge < -0.3 is 14.2 Å². The summed E-state index contributed by atoms with van der Waals surface area (Å²) in [6.07, 6.45) is -4.79. The number of aromatic nitrogens is 2. The molecule has 0 fully saturated rings. The van der Waals surface area contributed by atoms with Crippen LogP contribution in [0.5, 0.6) is 17.4 Å². The first-order valence-corrected chi connectivity index (χ1v) is 6.31. The van der Waals surface area contributed by atoms with Gasteiger partial charge in [0.25, 0.3) is 5.88 Å². The molecule has 0 bridgehead atoms. The monoisotopic (exact) mass is 348 g/mol. The predicted molar refractivity (Wildman–Crippen MR) is 71.6 cm³/mol. The summed E-state index contributed by atoms with van der Waals surface area (Å²) in [7, 11) is 1.16. The summed E-state index contributed by atoms with van der Waals surface area (Å²) in [5.41, 5.74) is -0.0804. The van der Waals surface area contributed by atoms with Gasteiger partial charge in [-0.1, -0.05) is 11.6 Å². The first kappa shape index (κ1) is 16.8. The minimum Gasteiger partial charge on any atom is -0.465 e. The highest BCUT2D eigenvalue weighted by molar-refractivity contribution is 6.29. The van der Waals surface area contributed by atoms with Gasteiger partial charge in [-0.05, 0) is 30.3 Å². The van der Waals surface area contributed by atoms with Crippen LogP contribution in [0.15, 0.2) is 30.3 Å². The smallest absolute Gasteiger partial charge is 0.465 e. The van der Waals surface area contributed by atoms with Crippen molar-refractivity contribution < 1.29 is 32.2 Å². The summed E-state index contributed by atoms with van der Waals surface area (Å²) in [5, 5.41) is 7.09. The van der Waals surface area contributed by atoms with Gasteiger partial charge in [-0.15, -0.1) is 23.4 Å². The topological polar surface area (TPSA) is 70.5 Å². The zero-order valence-corrected chi connectivity index (χ0v) is 12.2. The van der Waals surface area contributed by atoms with Crippen molar-refractivity contribution in [2.45, 2.75) is 6.36 Å². The molecule has 23 heavy (non-hydrogen) atoms. The molecule has 0 atom stereocenters. The number of methoxy groups -OCH3 is 1. The van der Waals surface area contributed by atoms with Crippen LogP contribution in [-0.4, -0.2) is 29.6 Å². The highest BCUT2D eigenvalue weighted by Gasteiger charge is 2.31. The number of esters is 1. The Hall–Kier alpha value is -2.55. The van der Waals surface area contributed by atoms with Crippen molar-refractivity contribution in [2.75, 3.05) is 7.11 Å². The average Bonchev–Trinajstić information content (AvgIpc) is 2.48. The fourth-order valence-corrected chi connectivity index (χ4v) is 1.66. The fraction of sp³-hybridized carbons (Fsp3) is 0.154. The number of hydrogen-bond acceptors (Lipinski definition) is 6. The number of rotatable bonds is 4. The number of halogens is 4. The molecule has 1 heterocycles. The lowest BCUT2D eigenvalue weighted by Gasteiger charge is -2.10. The van der Waals surface area contributed by atoms with Crippen LogP contribution in [0.1, 0.15) is 10.4 Å². The summed E-state index contributed by atoms with van der Waals surface area (Å²) in [6.45, 7) is 0. The third-order valence-electron chi connectivity index (χ3n) is 2.41. The van der Waals surface area contributed by atoms with Gasteiger partial charge in [-0.2, -0.15) is 0 Å². The Bertz CT molecular complexity index is 707. The maximum absolute atomic E-state index is 12.1. The van der Waals surface area contributed by atoms with Crippen LogP contribution in [0.3, 0.4) is 0 Å². The first-order chi connectivity index (χ1) is 10.8. The number of hydrogen-bond donors (Lipinski definition) is 0. The number of ether oxygens (including phenoxy) is 3. The van der Waals surface area contributed by atoms with E-state index < -0.39 is 18.1 Å². The lowest BCUT2D eigenvalue weighted by atomic mass is 10.3. The normalized spacial score (nSPS) is 11.0. The van der Waals surface area contributed by atoms with E-state index in [0.717, 1.165) is 19.2 Å². The van der Waals surface area contributed by atoms with Crippen LogP contribution in [0.4, 0.5) is 13.2 Å². The van der Waals surface area contributed by atoms with Crippen molar-refractivity contribution in [3.05, 3.63) is 41.0 Å². The molecule has 10 heteroatoms. The van der Waals surface area contributed by atoms with E-state index >= 15 is 0 Å². The number of nitrogens with zero attached hydrogens (tertiary/aromatic N) is 2. The van der Waals surface area contributed by atoms with E-state index in [1.807, 2.05) is 0 Å². The highest BCUT2D eigenvalue weighted by Crippen LogP contribution is 2.28. The van der Waals surface area contributed by atoms with Gasteiger partial charge in [0.15, 0.2) is 5.15 Å². The van der Waals surface area contributed by atoms with E-state index in [0.29, 0.717) is 0 Å². The molecule has 1 aromatic carbocycles. The Morgan fingerprint density at radius 2 is 1.74 bits per heavy atom. The van der Waals surface area contributed by atoms with Crippen molar-refractivity contribution in [2.24, 2.45) is 0 Å². The molecule has 0 amide bonds. The van der Waals surface area contributed by atoms with E-state index in [1.165, 1.54) is 18.2 Å². The predicted octanol–water partition coefficient (Wildman–Crippen LogP) is 3.61. The lowest BCUT2D eigenvalue weighted by Crippen LogP contribution is -2.16. The second kappa shape index (κ2) is 6.69. The molecule has 0 N–H and O–H groups in total. The molecule has 0 aliphatic heterocycles. The van der Waals surface area contributed by atoms with Gasteiger partial charge in [-0.3, -0.25) is 0 Å². The summed E-state index contributed by atoms with van der Waals surface area (Å²) in [6, 6.07) is 5.70. The Labute approximate surface area is 132 Å². The molecule has 0 saturated carbocycles. The Kier molecular flexibility index (Phi) is 4.89. The largest absolute Gasteiger partial charge is 0.573 e. The van der Waals surface area contributed by atoms with Gasteiger partial charge in [0.2, 0.25) is 0 Å². The molecule has 2 aromatic rings. The molecule has 1 aromatic heterocycles. The molecule has 0 saturated heterocycles. The van der Waals surface area contributed by atoms with Gasteiger partial charge in [0.05, 0.1) is 7.11 Å². The quantitative estimate of drug-likeness (QED) is 0.786. The molecule has 0 unspecified atom stereocenters.